The van der Waals surface area contributed by atoms with E-state index in [1.165, 1.54) is 6.42 Å². The van der Waals surface area contributed by atoms with E-state index in [9.17, 15) is 9.90 Å². The van der Waals surface area contributed by atoms with E-state index >= 15 is 0 Å². The molecule has 4 unspecified atom stereocenters. The van der Waals surface area contributed by atoms with Gasteiger partial charge in [0.15, 0.2) is 17.9 Å². The molecule has 4 atom stereocenters. The molecule has 4 aliphatic rings. The largest absolute Gasteiger partial charge is 0.458 e. The predicted molar refractivity (Wildman–Crippen MR) is 115 cm³/mol. The predicted octanol–water partition coefficient (Wildman–Crippen LogP) is 3.57. The van der Waals surface area contributed by atoms with Crippen LogP contribution >= 0.6 is 0 Å². The van der Waals surface area contributed by atoms with Crippen LogP contribution in [0.15, 0.2) is 0 Å². The molecule has 2 aliphatic carbocycles. The summed E-state index contributed by atoms with van der Waals surface area (Å²) in [5, 5.41) is 10.8. The molecule has 4 fully saturated rings. The van der Waals surface area contributed by atoms with Gasteiger partial charge in [0.25, 0.3) is 0 Å². The zero-order valence-electron chi connectivity index (χ0n) is 19.8. The Morgan fingerprint density at radius 3 is 2.34 bits per heavy atom. The van der Waals surface area contributed by atoms with Crippen molar-refractivity contribution in [2.45, 2.75) is 133 Å². The van der Waals surface area contributed by atoms with Gasteiger partial charge >= 0.3 is 5.97 Å². The van der Waals surface area contributed by atoms with E-state index in [2.05, 4.69) is 0 Å². The molecule has 8 nitrogen and oxygen atoms in total. The molecule has 2 heterocycles. The molecule has 8 heteroatoms. The molecule has 0 aromatic rings. The van der Waals surface area contributed by atoms with E-state index in [1.807, 2.05) is 20.8 Å². The third-order valence-electron chi connectivity index (χ3n) is 6.78. The van der Waals surface area contributed by atoms with E-state index in [4.69, 9.17) is 28.4 Å². The molecule has 2 saturated heterocycles. The average molecular weight is 457 g/mol. The second-order valence-corrected chi connectivity index (χ2v) is 10.8. The first-order chi connectivity index (χ1) is 15.2. The van der Waals surface area contributed by atoms with Crippen LogP contribution in [0.25, 0.3) is 0 Å². The average Bonchev–Trinajstić information content (AvgIpc) is 3.30. The molecule has 0 amide bonds. The van der Waals surface area contributed by atoms with Crippen LogP contribution in [0, 0.1) is 0 Å². The quantitative estimate of drug-likeness (QED) is 0.479. The normalized spacial score (nSPS) is 34.6. The van der Waals surface area contributed by atoms with Gasteiger partial charge in [-0.1, -0.05) is 12.8 Å². The zero-order chi connectivity index (χ0) is 22.8. The molecule has 0 aromatic carbocycles. The summed E-state index contributed by atoms with van der Waals surface area (Å²) in [6, 6.07) is 0. The third-order valence-corrected chi connectivity index (χ3v) is 6.78. The van der Waals surface area contributed by atoms with Gasteiger partial charge < -0.3 is 33.5 Å². The smallest absolute Gasteiger partial charge is 0.332 e. The van der Waals surface area contributed by atoms with Gasteiger partial charge in [-0.25, -0.2) is 4.79 Å². The highest BCUT2D eigenvalue weighted by Crippen LogP contribution is 2.42. The molecule has 0 radical (unpaired) electrons. The minimum atomic E-state index is -1.16. The highest BCUT2D eigenvalue weighted by Gasteiger charge is 2.51. The van der Waals surface area contributed by atoms with Crippen LogP contribution in [-0.2, 0) is 33.2 Å². The van der Waals surface area contributed by atoms with Crippen LogP contribution in [0.2, 0.25) is 0 Å². The van der Waals surface area contributed by atoms with E-state index in [1.54, 1.807) is 0 Å². The standard InChI is InChI=1S/C24H40O8/c1-22(2,3)31-19(25)16-27-17-14-20(32-23(26)10-6-4-7-11-23)29-21(17)18-15-28-24(30-18)12-8-5-9-13-24/h17-18,20-21,26H,4-16H2,1-3H3. The van der Waals surface area contributed by atoms with Crippen LogP contribution < -0.4 is 0 Å². The van der Waals surface area contributed by atoms with Gasteiger partial charge in [-0.15, -0.1) is 0 Å². The summed E-state index contributed by atoms with van der Waals surface area (Å²) in [5.74, 6) is -2.10. The molecule has 0 bridgehead atoms. The molecule has 184 valence electrons. The lowest BCUT2D eigenvalue weighted by atomic mass is 9.94. The van der Waals surface area contributed by atoms with Gasteiger partial charge in [-0.05, 0) is 46.5 Å². The number of ether oxygens (including phenoxy) is 6. The third kappa shape index (κ3) is 6.21. The SMILES string of the molecule is CC(C)(C)OC(=O)COC1CC(OC2(O)CCCCC2)OC1C1COC2(CCCCC2)O1. The number of rotatable bonds is 6. The number of carbonyl (C=O) groups excluding carboxylic acids is 1. The van der Waals surface area contributed by atoms with Gasteiger partial charge in [-0.2, -0.15) is 0 Å². The molecule has 1 spiro atoms. The van der Waals surface area contributed by atoms with E-state index in [0.717, 1.165) is 44.9 Å². The summed E-state index contributed by atoms with van der Waals surface area (Å²) in [4.78, 5) is 12.2. The minimum Gasteiger partial charge on any atom is -0.458 e. The summed E-state index contributed by atoms with van der Waals surface area (Å²) < 4.78 is 36.1. The lowest BCUT2D eigenvalue weighted by Gasteiger charge is -2.34. The molecular formula is C24H40O8. The summed E-state index contributed by atoms with van der Waals surface area (Å²) in [6.45, 7) is 5.74. The maximum absolute atomic E-state index is 12.2. The molecule has 2 aliphatic heterocycles. The first kappa shape index (κ1) is 24.4. The Labute approximate surface area is 191 Å². The van der Waals surface area contributed by atoms with Gasteiger partial charge in [0.05, 0.1) is 12.7 Å². The van der Waals surface area contributed by atoms with Crippen LogP contribution in [-0.4, -0.2) is 66.1 Å². The van der Waals surface area contributed by atoms with E-state index < -0.39 is 41.6 Å². The number of hydrogen-bond donors (Lipinski definition) is 1. The highest BCUT2D eigenvalue weighted by atomic mass is 16.8. The zero-order valence-corrected chi connectivity index (χ0v) is 19.8. The first-order valence-electron chi connectivity index (χ1n) is 12.4. The Morgan fingerprint density at radius 1 is 1.03 bits per heavy atom. The van der Waals surface area contributed by atoms with Crippen LogP contribution in [0.1, 0.15) is 91.4 Å². The second kappa shape index (κ2) is 9.84. The van der Waals surface area contributed by atoms with Crippen LogP contribution in [0.5, 0.6) is 0 Å². The molecule has 4 rings (SSSR count). The summed E-state index contributed by atoms with van der Waals surface area (Å²) in [7, 11) is 0. The van der Waals surface area contributed by atoms with E-state index in [-0.39, 0.29) is 12.7 Å². The summed E-state index contributed by atoms with van der Waals surface area (Å²) in [5.41, 5.74) is -0.572. The number of carbonyl (C=O) groups is 1. The first-order valence-corrected chi connectivity index (χ1v) is 12.4. The van der Waals surface area contributed by atoms with Crippen molar-refractivity contribution >= 4 is 5.97 Å². The fourth-order valence-electron chi connectivity index (χ4n) is 5.31. The van der Waals surface area contributed by atoms with Crippen molar-refractivity contribution in [1.29, 1.82) is 0 Å². The summed E-state index contributed by atoms with van der Waals surface area (Å²) in [6.07, 6.45) is 8.02. The fraction of sp³-hybridized carbons (Fsp3) is 0.958. The molecule has 2 saturated carbocycles. The van der Waals surface area contributed by atoms with Crippen LogP contribution in [0.3, 0.4) is 0 Å². The van der Waals surface area contributed by atoms with Crippen molar-refractivity contribution in [1.82, 2.24) is 0 Å². The number of esters is 1. The van der Waals surface area contributed by atoms with Gasteiger partial charge in [0, 0.05) is 32.1 Å². The van der Waals surface area contributed by atoms with Crippen molar-refractivity contribution in [3.63, 3.8) is 0 Å². The van der Waals surface area contributed by atoms with Gasteiger partial charge in [0.1, 0.15) is 24.4 Å². The van der Waals surface area contributed by atoms with Crippen molar-refractivity contribution in [3.8, 4) is 0 Å². The maximum Gasteiger partial charge on any atom is 0.332 e. The van der Waals surface area contributed by atoms with Crippen molar-refractivity contribution < 1.29 is 38.3 Å². The second-order valence-electron chi connectivity index (χ2n) is 10.8. The Balaban J connectivity index is 1.39. The maximum atomic E-state index is 12.2. The van der Waals surface area contributed by atoms with Crippen molar-refractivity contribution in [3.05, 3.63) is 0 Å². The van der Waals surface area contributed by atoms with Crippen LogP contribution in [0.4, 0.5) is 0 Å². The van der Waals surface area contributed by atoms with Gasteiger partial charge in [-0.3, -0.25) is 0 Å². The van der Waals surface area contributed by atoms with E-state index in [0.29, 0.717) is 25.9 Å². The number of hydrogen-bond acceptors (Lipinski definition) is 8. The molecule has 1 N–H and O–H groups in total. The minimum absolute atomic E-state index is 0.169. The Kier molecular flexibility index (Phi) is 7.49. The Morgan fingerprint density at radius 2 is 1.69 bits per heavy atom. The molecule has 0 aromatic heterocycles. The Bertz CT molecular complexity index is 632. The van der Waals surface area contributed by atoms with Crippen molar-refractivity contribution in [2.24, 2.45) is 0 Å². The monoisotopic (exact) mass is 456 g/mol. The lowest BCUT2D eigenvalue weighted by Crippen LogP contribution is -2.42. The molecule has 32 heavy (non-hydrogen) atoms. The fourth-order valence-corrected chi connectivity index (χ4v) is 5.31. The highest BCUT2D eigenvalue weighted by molar-refractivity contribution is 5.71. The number of aliphatic hydroxyl groups is 1. The topological polar surface area (TPSA) is 92.7 Å². The summed E-state index contributed by atoms with van der Waals surface area (Å²) >= 11 is 0. The Hall–Kier alpha value is -0.770. The van der Waals surface area contributed by atoms with Crippen molar-refractivity contribution in [2.75, 3.05) is 13.2 Å². The molecular weight excluding hydrogens is 416 g/mol. The lowest BCUT2D eigenvalue weighted by molar-refractivity contribution is -0.301. The van der Waals surface area contributed by atoms with Gasteiger partial charge in [0.2, 0.25) is 0 Å².